The van der Waals surface area contributed by atoms with Crippen LogP contribution in [0.25, 0.3) is 0 Å². The highest BCUT2D eigenvalue weighted by molar-refractivity contribution is 6.04. The van der Waals surface area contributed by atoms with Gasteiger partial charge in [-0.05, 0) is 57.0 Å². The maximum atomic E-state index is 12.7. The lowest BCUT2D eigenvalue weighted by atomic mass is 10.1. The predicted octanol–water partition coefficient (Wildman–Crippen LogP) is 3.49. The fraction of sp³-hybridized carbons (Fsp3) is 0.273. The number of hydrogen-bond donors (Lipinski definition) is 2. The third kappa shape index (κ3) is 4.83. The van der Waals surface area contributed by atoms with Crippen molar-refractivity contribution in [1.82, 2.24) is 15.0 Å². The molecule has 0 aliphatic heterocycles. The van der Waals surface area contributed by atoms with Crippen LogP contribution >= 0.6 is 0 Å². The fourth-order valence-electron chi connectivity index (χ4n) is 2.95. The minimum absolute atomic E-state index is 0.0734. The molecule has 156 valence electrons. The second kappa shape index (κ2) is 9.21. The molecule has 0 unspecified atom stereocenters. The summed E-state index contributed by atoms with van der Waals surface area (Å²) in [4.78, 5) is 25.1. The standard InChI is InChI=1S/C22H25N5O3/c1-5-30-19-9-7-6-8-17(19)23-20(28)13-27-16(4)21(25-26-27)22(29)24-18-12-14(2)10-11-15(18)3/h6-12H,5,13H2,1-4H3,(H,23,28)(H,24,29). The summed E-state index contributed by atoms with van der Waals surface area (Å²) in [6.45, 7) is 7.88. The van der Waals surface area contributed by atoms with Crippen LogP contribution in [0.3, 0.4) is 0 Å². The number of aromatic nitrogens is 3. The number of anilines is 2. The van der Waals surface area contributed by atoms with Crippen molar-refractivity contribution in [2.24, 2.45) is 0 Å². The van der Waals surface area contributed by atoms with E-state index in [9.17, 15) is 9.59 Å². The number of nitrogens with zero attached hydrogens (tertiary/aromatic N) is 3. The third-order valence-electron chi connectivity index (χ3n) is 4.59. The van der Waals surface area contributed by atoms with Crippen molar-refractivity contribution in [3.05, 3.63) is 65.0 Å². The molecule has 0 aliphatic carbocycles. The van der Waals surface area contributed by atoms with Gasteiger partial charge in [0.2, 0.25) is 5.91 Å². The highest BCUT2D eigenvalue weighted by Crippen LogP contribution is 2.23. The van der Waals surface area contributed by atoms with Crippen LogP contribution in [0.4, 0.5) is 11.4 Å². The van der Waals surface area contributed by atoms with Gasteiger partial charge >= 0.3 is 0 Å². The smallest absolute Gasteiger partial charge is 0.278 e. The highest BCUT2D eigenvalue weighted by atomic mass is 16.5. The van der Waals surface area contributed by atoms with Crippen LogP contribution in [-0.4, -0.2) is 33.4 Å². The summed E-state index contributed by atoms with van der Waals surface area (Å²) < 4.78 is 6.92. The summed E-state index contributed by atoms with van der Waals surface area (Å²) in [6.07, 6.45) is 0. The molecule has 0 atom stereocenters. The molecule has 8 nitrogen and oxygen atoms in total. The topological polar surface area (TPSA) is 98.1 Å². The lowest BCUT2D eigenvalue weighted by molar-refractivity contribution is -0.117. The number of amides is 2. The molecule has 1 heterocycles. The number of para-hydroxylation sites is 2. The lowest BCUT2D eigenvalue weighted by Crippen LogP contribution is -2.21. The van der Waals surface area contributed by atoms with Crippen molar-refractivity contribution < 1.29 is 14.3 Å². The van der Waals surface area contributed by atoms with Gasteiger partial charge in [0.1, 0.15) is 12.3 Å². The van der Waals surface area contributed by atoms with E-state index < -0.39 is 0 Å². The predicted molar refractivity (Wildman–Crippen MR) is 115 cm³/mol. The molecule has 3 rings (SSSR count). The zero-order valence-corrected chi connectivity index (χ0v) is 17.5. The first kappa shape index (κ1) is 21.0. The first-order chi connectivity index (χ1) is 14.4. The Labute approximate surface area is 175 Å². The number of ether oxygens (including phenoxy) is 1. The Hall–Kier alpha value is -3.68. The Morgan fingerprint density at radius 1 is 1.03 bits per heavy atom. The maximum absolute atomic E-state index is 12.7. The second-order valence-electron chi connectivity index (χ2n) is 6.93. The van der Waals surface area contributed by atoms with Gasteiger partial charge in [0.15, 0.2) is 5.69 Å². The molecule has 2 N–H and O–H groups in total. The van der Waals surface area contributed by atoms with Gasteiger partial charge in [-0.15, -0.1) is 5.10 Å². The molecule has 0 saturated heterocycles. The molecule has 0 saturated carbocycles. The Morgan fingerprint density at radius 3 is 2.57 bits per heavy atom. The van der Waals surface area contributed by atoms with Gasteiger partial charge in [-0.3, -0.25) is 9.59 Å². The zero-order chi connectivity index (χ0) is 21.7. The second-order valence-corrected chi connectivity index (χ2v) is 6.93. The van der Waals surface area contributed by atoms with Crippen molar-refractivity contribution in [3.8, 4) is 5.75 Å². The SMILES string of the molecule is CCOc1ccccc1NC(=O)Cn1nnc(C(=O)Nc2cc(C)ccc2C)c1C. The van der Waals surface area contributed by atoms with E-state index in [1.165, 1.54) is 4.68 Å². The molecule has 8 heteroatoms. The minimum Gasteiger partial charge on any atom is -0.492 e. The monoisotopic (exact) mass is 407 g/mol. The van der Waals surface area contributed by atoms with E-state index in [0.29, 0.717) is 23.7 Å². The van der Waals surface area contributed by atoms with E-state index in [1.54, 1.807) is 19.1 Å². The van der Waals surface area contributed by atoms with Gasteiger partial charge in [-0.25, -0.2) is 4.68 Å². The number of nitrogens with one attached hydrogen (secondary N) is 2. The molecule has 0 radical (unpaired) electrons. The number of aryl methyl sites for hydroxylation is 2. The zero-order valence-electron chi connectivity index (χ0n) is 17.5. The molecule has 0 fully saturated rings. The van der Waals surface area contributed by atoms with Crippen LogP contribution in [0.15, 0.2) is 42.5 Å². The quantitative estimate of drug-likeness (QED) is 0.625. The van der Waals surface area contributed by atoms with Crippen molar-refractivity contribution in [2.75, 3.05) is 17.2 Å². The normalized spacial score (nSPS) is 10.5. The van der Waals surface area contributed by atoms with Gasteiger partial charge in [0, 0.05) is 5.69 Å². The number of carbonyl (C=O) groups excluding carboxylic acids is 2. The molecule has 3 aromatic rings. The van der Waals surface area contributed by atoms with E-state index in [2.05, 4.69) is 20.9 Å². The van der Waals surface area contributed by atoms with Crippen LogP contribution < -0.4 is 15.4 Å². The van der Waals surface area contributed by atoms with E-state index in [0.717, 1.165) is 16.8 Å². The first-order valence-electron chi connectivity index (χ1n) is 9.69. The summed E-state index contributed by atoms with van der Waals surface area (Å²) in [7, 11) is 0. The van der Waals surface area contributed by atoms with Gasteiger partial charge in [0.25, 0.3) is 5.91 Å². The van der Waals surface area contributed by atoms with Gasteiger partial charge in [-0.1, -0.05) is 29.5 Å². The van der Waals surface area contributed by atoms with E-state index >= 15 is 0 Å². The van der Waals surface area contributed by atoms with Crippen molar-refractivity contribution in [1.29, 1.82) is 0 Å². The van der Waals surface area contributed by atoms with E-state index in [1.807, 2.05) is 51.1 Å². The Kier molecular flexibility index (Phi) is 6.46. The minimum atomic E-state index is -0.366. The van der Waals surface area contributed by atoms with Gasteiger partial charge in [-0.2, -0.15) is 0 Å². The van der Waals surface area contributed by atoms with Crippen LogP contribution in [0.5, 0.6) is 5.75 Å². The van der Waals surface area contributed by atoms with Crippen molar-refractivity contribution >= 4 is 23.2 Å². The van der Waals surface area contributed by atoms with E-state index in [-0.39, 0.29) is 24.1 Å². The largest absolute Gasteiger partial charge is 0.492 e. The highest BCUT2D eigenvalue weighted by Gasteiger charge is 2.19. The molecule has 0 spiro atoms. The number of hydrogen-bond acceptors (Lipinski definition) is 5. The summed E-state index contributed by atoms with van der Waals surface area (Å²) >= 11 is 0. The van der Waals surface area contributed by atoms with E-state index in [4.69, 9.17) is 4.74 Å². The van der Waals surface area contributed by atoms with Gasteiger partial charge < -0.3 is 15.4 Å². The summed E-state index contributed by atoms with van der Waals surface area (Å²) in [6, 6.07) is 13.0. The summed E-state index contributed by atoms with van der Waals surface area (Å²) in [5.41, 5.74) is 3.98. The van der Waals surface area contributed by atoms with Crippen LogP contribution in [0.1, 0.15) is 34.2 Å². The number of carbonyl (C=O) groups is 2. The fourth-order valence-corrected chi connectivity index (χ4v) is 2.95. The molecule has 0 bridgehead atoms. The van der Waals surface area contributed by atoms with Crippen LogP contribution in [-0.2, 0) is 11.3 Å². The third-order valence-corrected chi connectivity index (χ3v) is 4.59. The molecule has 2 aromatic carbocycles. The Morgan fingerprint density at radius 2 is 1.80 bits per heavy atom. The molecule has 2 amide bonds. The molecule has 0 aliphatic rings. The Balaban J connectivity index is 1.70. The number of rotatable bonds is 7. The summed E-state index contributed by atoms with van der Waals surface area (Å²) in [5, 5.41) is 13.6. The van der Waals surface area contributed by atoms with Crippen molar-refractivity contribution in [3.63, 3.8) is 0 Å². The first-order valence-corrected chi connectivity index (χ1v) is 9.69. The average molecular weight is 407 g/mol. The molecule has 1 aromatic heterocycles. The van der Waals surface area contributed by atoms with Crippen LogP contribution in [0, 0.1) is 20.8 Å². The molecular formula is C22H25N5O3. The number of benzene rings is 2. The van der Waals surface area contributed by atoms with Crippen molar-refractivity contribution in [2.45, 2.75) is 34.2 Å². The summed E-state index contributed by atoms with van der Waals surface area (Å²) in [5.74, 6) is -0.0663. The lowest BCUT2D eigenvalue weighted by Gasteiger charge is -2.11. The molecular weight excluding hydrogens is 382 g/mol. The van der Waals surface area contributed by atoms with Crippen LogP contribution in [0.2, 0.25) is 0 Å². The Bertz CT molecular complexity index is 1070. The average Bonchev–Trinajstić information content (AvgIpc) is 3.06. The van der Waals surface area contributed by atoms with Gasteiger partial charge in [0.05, 0.1) is 18.0 Å². The molecule has 30 heavy (non-hydrogen) atoms. The maximum Gasteiger partial charge on any atom is 0.278 e.